The summed E-state index contributed by atoms with van der Waals surface area (Å²) < 4.78 is 5.19. The van der Waals surface area contributed by atoms with E-state index in [0.717, 1.165) is 5.69 Å². The fourth-order valence-electron chi connectivity index (χ4n) is 2.02. The third-order valence-corrected chi connectivity index (χ3v) is 4.33. The first-order valence-electron chi connectivity index (χ1n) is 6.63. The van der Waals surface area contributed by atoms with Gasteiger partial charge in [0.1, 0.15) is 5.75 Å². The molecule has 1 saturated carbocycles. The van der Waals surface area contributed by atoms with Crippen LogP contribution in [0, 0.1) is 0 Å². The molecule has 104 valence electrons. The van der Waals surface area contributed by atoms with E-state index in [1.165, 1.54) is 17.8 Å². The van der Waals surface area contributed by atoms with Crippen molar-refractivity contribution in [3.05, 3.63) is 45.9 Å². The van der Waals surface area contributed by atoms with E-state index in [-0.39, 0.29) is 5.91 Å². The van der Waals surface area contributed by atoms with Gasteiger partial charge in [0.2, 0.25) is 0 Å². The smallest absolute Gasteiger partial charge is 0.255 e. The summed E-state index contributed by atoms with van der Waals surface area (Å²) in [6, 6.07) is 7.21. The normalized spacial score (nSPS) is 14.1. The summed E-state index contributed by atoms with van der Waals surface area (Å²) >= 11 is 1.69. The molecule has 1 aliphatic rings. The Morgan fingerprint density at radius 2 is 2.25 bits per heavy atom. The Bertz CT molecular complexity index is 620. The van der Waals surface area contributed by atoms with Gasteiger partial charge in [-0.2, -0.15) is 0 Å². The van der Waals surface area contributed by atoms with Crippen molar-refractivity contribution in [2.45, 2.75) is 25.3 Å². The predicted octanol–water partition coefficient (Wildman–Crippen LogP) is 2.96. The minimum atomic E-state index is -0.136. The van der Waals surface area contributed by atoms with Crippen molar-refractivity contribution in [3.8, 4) is 5.75 Å². The van der Waals surface area contributed by atoms with Crippen LogP contribution in [0.25, 0.3) is 0 Å². The highest BCUT2D eigenvalue weighted by atomic mass is 32.1. The molecule has 3 rings (SSSR count). The summed E-state index contributed by atoms with van der Waals surface area (Å²) in [6.45, 7) is 0.458. The minimum absolute atomic E-state index is 0.136. The van der Waals surface area contributed by atoms with Crippen molar-refractivity contribution in [1.82, 2.24) is 10.3 Å². The molecule has 0 saturated heterocycles. The molecular weight excluding hydrogens is 272 g/mol. The van der Waals surface area contributed by atoms with Gasteiger partial charge in [0, 0.05) is 11.3 Å². The molecule has 5 heteroatoms. The van der Waals surface area contributed by atoms with E-state index in [1.54, 1.807) is 30.6 Å². The Kier molecular flexibility index (Phi) is 3.69. The van der Waals surface area contributed by atoms with Crippen LogP contribution in [0.4, 0.5) is 0 Å². The maximum atomic E-state index is 12.1. The topological polar surface area (TPSA) is 51.2 Å². The first kappa shape index (κ1) is 13.1. The van der Waals surface area contributed by atoms with Crippen LogP contribution in [-0.4, -0.2) is 18.0 Å². The third kappa shape index (κ3) is 2.82. The molecule has 0 spiro atoms. The molecule has 1 N–H and O–H groups in total. The molecule has 4 nitrogen and oxygen atoms in total. The quantitative estimate of drug-likeness (QED) is 0.920. The number of amides is 1. The van der Waals surface area contributed by atoms with Crippen LogP contribution in [0.15, 0.2) is 29.6 Å². The first-order valence-corrected chi connectivity index (χ1v) is 7.51. The molecule has 1 heterocycles. The SMILES string of the molecule is COc1ccccc1C(=O)NCc1csc(C2CC2)n1. The summed E-state index contributed by atoms with van der Waals surface area (Å²) in [5, 5.41) is 6.11. The average Bonchev–Trinajstić information content (AvgIpc) is 3.23. The number of hydrogen-bond acceptors (Lipinski definition) is 4. The maximum absolute atomic E-state index is 12.1. The zero-order valence-electron chi connectivity index (χ0n) is 11.3. The van der Waals surface area contributed by atoms with Crippen LogP contribution < -0.4 is 10.1 Å². The summed E-state index contributed by atoms with van der Waals surface area (Å²) in [7, 11) is 1.56. The Hall–Kier alpha value is -1.88. The maximum Gasteiger partial charge on any atom is 0.255 e. The monoisotopic (exact) mass is 288 g/mol. The number of methoxy groups -OCH3 is 1. The highest BCUT2D eigenvalue weighted by Gasteiger charge is 2.26. The Balaban J connectivity index is 1.63. The highest BCUT2D eigenvalue weighted by Crippen LogP contribution is 2.41. The number of ether oxygens (including phenoxy) is 1. The molecule has 0 atom stereocenters. The van der Waals surface area contributed by atoms with Gasteiger partial charge in [-0.3, -0.25) is 4.79 Å². The predicted molar refractivity (Wildman–Crippen MR) is 78.3 cm³/mol. The van der Waals surface area contributed by atoms with Crippen LogP contribution in [0.1, 0.15) is 39.8 Å². The van der Waals surface area contributed by atoms with Crippen molar-refractivity contribution in [2.75, 3.05) is 7.11 Å². The lowest BCUT2D eigenvalue weighted by molar-refractivity contribution is 0.0947. The van der Waals surface area contributed by atoms with Gasteiger partial charge in [-0.05, 0) is 25.0 Å². The molecule has 1 aromatic carbocycles. The third-order valence-electron chi connectivity index (χ3n) is 3.28. The standard InChI is InChI=1S/C15H16N2O2S/c1-19-13-5-3-2-4-12(13)14(18)16-8-11-9-20-15(17-11)10-6-7-10/h2-5,9-10H,6-8H2,1H3,(H,16,18). The second kappa shape index (κ2) is 5.63. The molecule has 1 aliphatic carbocycles. The van der Waals surface area contributed by atoms with Gasteiger partial charge in [-0.25, -0.2) is 4.98 Å². The molecule has 20 heavy (non-hydrogen) atoms. The molecule has 1 aromatic heterocycles. The lowest BCUT2D eigenvalue weighted by Crippen LogP contribution is -2.23. The second-order valence-electron chi connectivity index (χ2n) is 4.83. The number of carbonyl (C=O) groups excluding carboxylic acids is 1. The average molecular weight is 288 g/mol. The van der Waals surface area contributed by atoms with E-state index in [0.29, 0.717) is 23.8 Å². The van der Waals surface area contributed by atoms with Crippen LogP contribution in [0.2, 0.25) is 0 Å². The van der Waals surface area contributed by atoms with Crippen molar-refractivity contribution in [3.63, 3.8) is 0 Å². The van der Waals surface area contributed by atoms with Gasteiger partial charge in [0.15, 0.2) is 0 Å². The Morgan fingerprint density at radius 1 is 1.45 bits per heavy atom. The van der Waals surface area contributed by atoms with Gasteiger partial charge >= 0.3 is 0 Å². The lowest BCUT2D eigenvalue weighted by Gasteiger charge is -2.08. The van der Waals surface area contributed by atoms with Crippen LogP contribution in [0.3, 0.4) is 0 Å². The van der Waals surface area contributed by atoms with Gasteiger partial charge < -0.3 is 10.1 Å². The molecule has 0 unspecified atom stereocenters. The molecule has 0 bridgehead atoms. The fraction of sp³-hybridized carbons (Fsp3) is 0.333. The molecular formula is C15H16N2O2S. The number of aromatic nitrogens is 1. The van der Waals surface area contributed by atoms with E-state index in [2.05, 4.69) is 10.3 Å². The van der Waals surface area contributed by atoms with E-state index in [4.69, 9.17) is 4.74 Å². The molecule has 1 amide bonds. The summed E-state index contributed by atoms with van der Waals surface area (Å²) in [6.07, 6.45) is 2.50. The number of para-hydroxylation sites is 1. The lowest BCUT2D eigenvalue weighted by atomic mass is 10.2. The summed E-state index contributed by atoms with van der Waals surface area (Å²) in [4.78, 5) is 16.7. The number of nitrogens with zero attached hydrogens (tertiary/aromatic N) is 1. The van der Waals surface area contributed by atoms with Crippen LogP contribution >= 0.6 is 11.3 Å². The minimum Gasteiger partial charge on any atom is -0.496 e. The van der Waals surface area contributed by atoms with Gasteiger partial charge in [-0.1, -0.05) is 12.1 Å². The number of nitrogens with one attached hydrogen (secondary N) is 1. The largest absolute Gasteiger partial charge is 0.496 e. The number of hydrogen-bond donors (Lipinski definition) is 1. The summed E-state index contributed by atoms with van der Waals surface area (Å²) in [5.74, 6) is 1.11. The van der Waals surface area contributed by atoms with Crippen molar-refractivity contribution < 1.29 is 9.53 Å². The summed E-state index contributed by atoms with van der Waals surface area (Å²) in [5.41, 5.74) is 1.48. The molecule has 2 aromatic rings. The Morgan fingerprint density at radius 3 is 3.00 bits per heavy atom. The van der Waals surface area contributed by atoms with E-state index < -0.39 is 0 Å². The number of rotatable bonds is 5. The van der Waals surface area contributed by atoms with Crippen LogP contribution in [0.5, 0.6) is 5.75 Å². The zero-order valence-corrected chi connectivity index (χ0v) is 12.1. The van der Waals surface area contributed by atoms with Crippen molar-refractivity contribution in [1.29, 1.82) is 0 Å². The molecule has 0 radical (unpaired) electrons. The van der Waals surface area contributed by atoms with E-state index in [9.17, 15) is 4.79 Å². The van der Waals surface area contributed by atoms with Crippen molar-refractivity contribution in [2.24, 2.45) is 0 Å². The van der Waals surface area contributed by atoms with E-state index in [1.807, 2.05) is 17.5 Å². The number of benzene rings is 1. The van der Waals surface area contributed by atoms with E-state index >= 15 is 0 Å². The van der Waals surface area contributed by atoms with Gasteiger partial charge in [0.05, 0.1) is 29.9 Å². The molecule has 1 fully saturated rings. The molecule has 0 aliphatic heterocycles. The van der Waals surface area contributed by atoms with Crippen LogP contribution in [-0.2, 0) is 6.54 Å². The highest BCUT2D eigenvalue weighted by molar-refractivity contribution is 7.09. The Labute approximate surface area is 121 Å². The second-order valence-corrected chi connectivity index (χ2v) is 5.72. The van der Waals surface area contributed by atoms with Crippen molar-refractivity contribution >= 4 is 17.2 Å². The van der Waals surface area contributed by atoms with Gasteiger partial charge in [0.25, 0.3) is 5.91 Å². The number of carbonyl (C=O) groups is 1. The zero-order chi connectivity index (χ0) is 13.9. The number of thiazole rings is 1. The fourth-order valence-corrected chi connectivity index (χ4v) is 3.01. The first-order chi connectivity index (χ1) is 9.78. The van der Waals surface area contributed by atoms with Gasteiger partial charge in [-0.15, -0.1) is 11.3 Å².